The summed E-state index contributed by atoms with van der Waals surface area (Å²) >= 11 is 0. The first kappa shape index (κ1) is 19.3. The predicted molar refractivity (Wildman–Crippen MR) is 117 cm³/mol. The number of hydrogen-bond donors (Lipinski definition) is 4. The molecule has 1 atom stereocenters. The van der Waals surface area contributed by atoms with Crippen molar-refractivity contribution in [3.05, 3.63) is 60.3 Å². The second kappa shape index (κ2) is 8.62. The molecule has 4 heterocycles. The van der Waals surface area contributed by atoms with Crippen LogP contribution in [0.15, 0.2) is 49.2 Å². The minimum Gasteiger partial charge on any atom is -0.390 e. The standard InChI is InChI=1S/C21H23N9O/c31-16(12-30-8-5-14-3-1-2-4-15(14)11-30)9-24-21-18-19(28-29-21)20(26-13-25-18)27-17-10-22-6-7-23-17/h1-4,6-7,10,13,16,31H,5,8-9,11-12H2,(H2,24,28,29)(H,23,25,26,27)/t16-/m0/s1. The Kier molecular flexibility index (Phi) is 5.38. The van der Waals surface area contributed by atoms with E-state index >= 15 is 0 Å². The minimum absolute atomic E-state index is 0.370. The van der Waals surface area contributed by atoms with Gasteiger partial charge in [-0.05, 0) is 17.5 Å². The number of anilines is 3. The summed E-state index contributed by atoms with van der Waals surface area (Å²) in [5, 5.41) is 24.1. The fourth-order valence-corrected chi connectivity index (χ4v) is 3.83. The molecule has 0 unspecified atom stereocenters. The average molecular weight is 417 g/mol. The van der Waals surface area contributed by atoms with Crippen LogP contribution in [0.1, 0.15) is 11.1 Å². The quantitative estimate of drug-likeness (QED) is 0.355. The topological polar surface area (TPSA) is 128 Å². The van der Waals surface area contributed by atoms with Gasteiger partial charge in [-0.3, -0.25) is 15.0 Å². The minimum atomic E-state index is -0.531. The molecule has 158 valence electrons. The Labute approximate surface area is 178 Å². The van der Waals surface area contributed by atoms with Gasteiger partial charge in [0.25, 0.3) is 0 Å². The summed E-state index contributed by atoms with van der Waals surface area (Å²) in [7, 11) is 0. The number of aliphatic hydroxyl groups is 1. The van der Waals surface area contributed by atoms with Crippen molar-refractivity contribution in [3.8, 4) is 0 Å². The molecular formula is C21H23N9O. The van der Waals surface area contributed by atoms with Crippen LogP contribution in [0.2, 0.25) is 0 Å². The van der Waals surface area contributed by atoms with Crippen molar-refractivity contribution in [1.29, 1.82) is 0 Å². The van der Waals surface area contributed by atoms with Crippen molar-refractivity contribution >= 4 is 28.5 Å². The third-order valence-electron chi connectivity index (χ3n) is 5.34. The highest BCUT2D eigenvalue weighted by molar-refractivity contribution is 5.93. The van der Waals surface area contributed by atoms with E-state index < -0.39 is 6.10 Å². The van der Waals surface area contributed by atoms with Crippen LogP contribution in [0.4, 0.5) is 17.5 Å². The van der Waals surface area contributed by atoms with Gasteiger partial charge in [0.15, 0.2) is 11.6 Å². The molecule has 31 heavy (non-hydrogen) atoms. The van der Waals surface area contributed by atoms with Crippen molar-refractivity contribution in [1.82, 2.24) is 35.0 Å². The molecule has 1 aromatic carbocycles. The van der Waals surface area contributed by atoms with Crippen LogP contribution >= 0.6 is 0 Å². The van der Waals surface area contributed by atoms with E-state index in [1.807, 2.05) is 0 Å². The van der Waals surface area contributed by atoms with Crippen LogP contribution in [0, 0.1) is 0 Å². The lowest BCUT2D eigenvalue weighted by Gasteiger charge is -2.30. The Morgan fingerprint density at radius 1 is 1.10 bits per heavy atom. The van der Waals surface area contributed by atoms with Gasteiger partial charge in [-0.1, -0.05) is 24.3 Å². The Morgan fingerprint density at radius 2 is 2.00 bits per heavy atom. The number of benzene rings is 1. The number of H-pyrrole nitrogens is 1. The van der Waals surface area contributed by atoms with Gasteiger partial charge >= 0.3 is 0 Å². The van der Waals surface area contributed by atoms with E-state index in [2.05, 4.69) is 69.9 Å². The molecule has 0 amide bonds. The molecule has 0 fully saturated rings. The monoisotopic (exact) mass is 417 g/mol. The van der Waals surface area contributed by atoms with E-state index in [0.717, 1.165) is 19.5 Å². The molecule has 3 aromatic heterocycles. The maximum atomic E-state index is 10.6. The molecule has 4 aromatic rings. The van der Waals surface area contributed by atoms with E-state index in [-0.39, 0.29) is 0 Å². The molecular weight excluding hydrogens is 394 g/mol. The molecule has 4 N–H and O–H groups in total. The van der Waals surface area contributed by atoms with Crippen molar-refractivity contribution in [2.45, 2.75) is 19.1 Å². The van der Waals surface area contributed by atoms with Gasteiger partial charge in [0, 0.05) is 38.6 Å². The Bertz CT molecular complexity index is 1160. The lowest BCUT2D eigenvalue weighted by atomic mass is 10.00. The number of hydrogen-bond acceptors (Lipinski definition) is 9. The lowest BCUT2D eigenvalue weighted by molar-refractivity contribution is 0.114. The average Bonchev–Trinajstić information content (AvgIpc) is 3.22. The van der Waals surface area contributed by atoms with Gasteiger partial charge in [0.2, 0.25) is 0 Å². The molecule has 0 saturated heterocycles. The highest BCUT2D eigenvalue weighted by Gasteiger charge is 2.19. The van der Waals surface area contributed by atoms with Crippen LogP contribution in [0.5, 0.6) is 0 Å². The van der Waals surface area contributed by atoms with E-state index in [1.165, 1.54) is 17.5 Å². The zero-order valence-corrected chi connectivity index (χ0v) is 16.9. The number of rotatable bonds is 7. The molecule has 0 bridgehead atoms. The first-order valence-electron chi connectivity index (χ1n) is 10.2. The third kappa shape index (κ3) is 4.30. The molecule has 5 rings (SSSR count). The molecule has 0 aliphatic carbocycles. The third-order valence-corrected chi connectivity index (χ3v) is 5.34. The molecule has 10 heteroatoms. The number of fused-ring (bicyclic) bond motifs is 2. The first-order valence-corrected chi connectivity index (χ1v) is 10.2. The summed E-state index contributed by atoms with van der Waals surface area (Å²) in [5.74, 6) is 1.70. The molecule has 10 nitrogen and oxygen atoms in total. The summed E-state index contributed by atoms with van der Waals surface area (Å²) in [4.78, 5) is 19.1. The van der Waals surface area contributed by atoms with Crippen molar-refractivity contribution in [3.63, 3.8) is 0 Å². The fourth-order valence-electron chi connectivity index (χ4n) is 3.83. The molecule has 0 radical (unpaired) electrons. The number of aromatic amines is 1. The largest absolute Gasteiger partial charge is 0.390 e. The summed E-state index contributed by atoms with van der Waals surface area (Å²) in [6.07, 6.45) is 6.76. The SMILES string of the molecule is O[C@@H](CNc1n[nH]c2c(Nc3cnccn3)ncnc12)CN1CCc2ccccc2C1. The zero-order chi connectivity index (χ0) is 21.0. The summed E-state index contributed by atoms with van der Waals surface area (Å²) in [6.45, 7) is 2.78. The second-order valence-electron chi connectivity index (χ2n) is 7.52. The second-order valence-corrected chi connectivity index (χ2v) is 7.52. The molecule has 1 aliphatic rings. The normalized spacial score (nSPS) is 14.9. The highest BCUT2D eigenvalue weighted by Crippen LogP contribution is 2.24. The Hall–Kier alpha value is -3.63. The molecule has 0 saturated carbocycles. The van der Waals surface area contributed by atoms with Gasteiger partial charge in [0.05, 0.1) is 12.3 Å². The highest BCUT2D eigenvalue weighted by atomic mass is 16.3. The van der Waals surface area contributed by atoms with Crippen molar-refractivity contribution in [2.24, 2.45) is 0 Å². The lowest BCUT2D eigenvalue weighted by Crippen LogP contribution is -2.39. The number of nitrogens with zero attached hydrogens (tertiary/aromatic N) is 6. The van der Waals surface area contributed by atoms with Crippen LogP contribution in [0.25, 0.3) is 11.0 Å². The Balaban J connectivity index is 1.22. The van der Waals surface area contributed by atoms with Crippen LogP contribution in [0.3, 0.4) is 0 Å². The molecule has 1 aliphatic heterocycles. The van der Waals surface area contributed by atoms with Gasteiger partial charge in [-0.25, -0.2) is 15.0 Å². The van der Waals surface area contributed by atoms with E-state index in [4.69, 9.17) is 0 Å². The van der Waals surface area contributed by atoms with E-state index in [1.54, 1.807) is 18.6 Å². The van der Waals surface area contributed by atoms with Crippen LogP contribution in [-0.2, 0) is 13.0 Å². The first-order chi connectivity index (χ1) is 15.3. The summed E-state index contributed by atoms with van der Waals surface area (Å²) < 4.78 is 0. The smallest absolute Gasteiger partial charge is 0.174 e. The fraction of sp³-hybridized carbons (Fsp3) is 0.286. The van der Waals surface area contributed by atoms with Crippen molar-refractivity contribution in [2.75, 3.05) is 30.3 Å². The molecule has 0 spiro atoms. The van der Waals surface area contributed by atoms with Gasteiger partial charge in [-0.15, -0.1) is 0 Å². The summed E-state index contributed by atoms with van der Waals surface area (Å²) in [5.41, 5.74) is 4.03. The predicted octanol–water partition coefficient (Wildman–Crippen LogP) is 1.72. The van der Waals surface area contributed by atoms with Crippen molar-refractivity contribution < 1.29 is 5.11 Å². The zero-order valence-electron chi connectivity index (χ0n) is 16.9. The summed E-state index contributed by atoms with van der Waals surface area (Å²) in [6, 6.07) is 8.49. The van der Waals surface area contributed by atoms with Gasteiger partial charge < -0.3 is 15.7 Å². The maximum Gasteiger partial charge on any atom is 0.174 e. The number of β-amino-alcohol motifs (C(OH)–C–C–N with tert-alkyl or cyclic N) is 1. The number of aliphatic hydroxyl groups excluding tert-OH is 1. The Morgan fingerprint density at radius 3 is 2.87 bits per heavy atom. The van der Waals surface area contributed by atoms with Crippen LogP contribution in [-0.4, -0.2) is 65.9 Å². The van der Waals surface area contributed by atoms with E-state index in [0.29, 0.717) is 41.6 Å². The van der Waals surface area contributed by atoms with Gasteiger partial charge in [-0.2, -0.15) is 5.10 Å². The number of aromatic nitrogens is 6. The van der Waals surface area contributed by atoms with Crippen LogP contribution < -0.4 is 10.6 Å². The maximum absolute atomic E-state index is 10.6. The van der Waals surface area contributed by atoms with Gasteiger partial charge in [0.1, 0.15) is 23.2 Å². The van der Waals surface area contributed by atoms with E-state index in [9.17, 15) is 5.11 Å². The number of nitrogens with one attached hydrogen (secondary N) is 3.